The molecule has 0 N–H and O–H groups in total. The zero-order chi connectivity index (χ0) is 26.4. The zero-order valence-corrected chi connectivity index (χ0v) is 21.1. The minimum atomic E-state index is -5.09. The van der Waals surface area contributed by atoms with Crippen molar-refractivity contribution in [3.63, 3.8) is 0 Å². The van der Waals surface area contributed by atoms with E-state index in [-0.39, 0.29) is 24.8 Å². The smallest absolute Gasteiger partial charge is 0.432 e. The third-order valence-electron chi connectivity index (χ3n) is 6.26. The van der Waals surface area contributed by atoms with Crippen LogP contribution < -0.4 is 0 Å². The van der Waals surface area contributed by atoms with E-state index in [4.69, 9.17) is 14.2 Å². The maximum atomic E-state index is 14.3. The van der Waals surface area contributed by atoms with Gasteiger partial charge in [0.2, 0.25) is 0 Å². The molecule has 0 fully saturated rings. The second-order valence-corrected chi connectivity index (χ2v) is 8.85. The van der Waals surface area contributed by atoms with E-state index >= 15 is 0 Å². The van der Waals surface area contributed by atoms with Gasteiger partial charge in [-0.05, 0) is 32.1 Å². The molecule has 200 valence electrons. The SMILES string of the molecule is CC[C@@H]1OC(=O)CCCCCCC/C=C\C/C=C\C[C@@H]1OC(=O)[C@](OC)(c1ccccc1)C(F)(F)F. The maximum Gasteiger partial charge on any atom is 0.432 e. The average Bonchev–Trinajstić information content (AvgIpc) is 2.85. The first kappa shape index (κ1) is 29.6. The quantitative estimate of drug-likeness (QED) is 0.317. The molecule has 0 unspecified atom stereocenters. The van der Waals surface area contributed by atoms with E-state index in [1.807, 2.05) is 12.2 Å². The number of ether oxygens (including phenoxy) is 3. The number of hydrogen-bond acceptors (Lipinski definition) is 5. The predicted octanol–water partition coefficient (Wildman–Crippen LogP) is 6.96. The molecule has 2 rings (SSSR count). The summed E-state index contributed by atoms with van der Waals surface area (Å²) in [5.74, 6) is -2.04. The molecule has 0 amide bonds. The summed E-state index contributed by atoms with van der Waals surface area (Å²) in [7, 11) is 0.826. The highest BCUT2D eigenvalue weighted by Crippen LogP contribution is 2.43. The Morgan fingerprint density at radius 2 is 1.67 bits per heavy atom. The Labute approximate surface area is 211 Å². The Hall–Kier alpha value is -2.61. The Balaban J connectivity index is 2.33. The van der Waals surface area contributed by atoms with Gasteiger partial charge in [0.1, 0.15) is 12.2 Å². The van der Waals surface area contributed by atoms with Crippen LogP contribution in [0.25, 0.3) is 0 Å². The Morgan fingerprint density at radius 1 is 1.00 bits per heavy atom. The lowest BCUT2D eigenvalue weighted by molar-refractivity contribution is -0.279. The van der Waals surface area contributed by atoms with Crippen LogP contribution in [0.1, 0.15) is 76.7 Å². The predicted molar refractivity (Wildman–Crippen MR) is 131 cm³/mol. The molecule has 8 heteroatoms. The van der Waals surface area contributed by atoms with E-state index in [1.54, 1.807) is 19.1 Å². The number of alkyl halides is 3. The normalized spacial score (nSPS) is 24.5. The van der Waals surface area contributed by atoms with Gasteiger partial charge in [0, 0.05) is 25.5 Å². The van der Waals surface area contributed by atoms with Crippen molar-refractivity contribution in [1.29, 1.82) is 0 Å². The molecule has 36 heavy (non-hydrogen) atoms. The van der Waals surface area contributed by atoms with E-state index < -0.39 is 35.9 Å². The molecule has 0 aromatic heterocycles. The van der Waals surface area contributed by atoms with E-state index in [0.29, 0.717) is 12.8 Å². The fraction of sp³-hybridized carbons (Fsp3) is 0.571. The molecule has 1 aromatic rings. The maximum absolute atomic E-state index is 14.3. The van der Waals surface area contributed by atoms with Crippen LogP contribution >= 0.6 is 0 Å². The number of benzene rings is 1. The van der Waals surface area contributed by atoms with Crippen LogP contribution in [0.15, 0.2) is 54.6 Å². The number of halogens is 3. The molecule has 0 bridgehead atoms. The third kappa shape index (κ3) is 8.22. The topological polar surface area (TPSA) is 61.8 Å². The van der Waals surface area contributed by atoms with Crippen molar-refractivity contribution in [2.45, 2.75) is 95.1 Å². The Bertz CT molecular complexity index is 866. The van der Waals surface area contributed by atoms with Gasteiger partial charge in [-0.15, -0.1) is 0 Å². The van der Waals surface area contributed by atoms with Gasteiger partial charge in [-0.1, -0.05) is 80.8 Å². The molecular weight excluding hydrogens is 473 g/mol. The highest BCUT2D eigenvalue weighted by atomic mass is 19.4. The number of rotatable bonds is 5. The molecule has 0 radical (unpaired) electrons. The number of methoxy groups -OCH3 is 1. The van der Waals surface area contributed by atoms with E-state index in [0.717, 1.165) is 39.2 Å². The van der Waals surface area contributed by atoms with Gasteiger partial charge in [-0.3, -0.25) is 4.79 Å². The largest absolute Gasteiger partial charge is 0.458 e. The van der Waals surface area contributed by atoms with Crippen molar-refractivity contribution in [3.05, 3.63) is 60.2 Å². The summed E-state index contributed by atoms with van der Waals surface area (Å²) in [4.78, 5) is 25.7. The molecule has 1 aromatic carbocycles. The molecule has 0 aliphatic carbocycles. The summed E-state index contributed by atoms with van der Waals surface area (Å²) in [5, 5.41) is 0. The number of hydrogen-bond donors (Lipinski definition) is 0. The number of allylic oxidation sites excluding steroid dienone is 3. The first-order valence-electron chi connectivity index (χ1n) is 12.6. The fourth-order valence-electron chi connectivity index (χ4n) is 4.21. The lowest BCUT2D eigenvalue weighted by atomic mass is 9.92. The summed E-state index contributed by atoms with van der Waals surface area (Å²) in [5.41, 5.74) is -3.70. The van der Waals surface area contributed by atoms with Crippen molar-refractivity contribution in [3.8, 4) is 0 Å². The van der Waals surface area contributed by atoms with Crippen molar-refractivity contribution < 1.29 is 37.0 Å². The number of cyclic esters (lactones) is 1. The number of carbonyl (C=O) groups is 2. The molecule has 0 saturated heterocycles. The Kier molecular flexibility index (Phi) is 12.2. The van der Waals surface area contributed by atoms with Crippen LogP contribution in [0.3, 0.4) is 0 Å². The van der Waals surface area contributed by atoms with Crippen LogP contribution in [0.2, 0.25) is 0 Å². The first-order chi connectivity index (χ1) is 17.3. The minimum absolute atomic E-state index is 0.0950. The number of carbonyl (C=O) groups excluding carboxylic acids is 2. The van der Waals surface area contributed by atoms with Crippen LogP contribution in [0, 0.1) is 0 Å². The monoisotopic (exact) mass is 510 g/mol. The van der Waals surface area contributed by atoms with Gasteiger partial charge < -0.3 is 14.2 Å². The lowest BCUT2D eigenvalue weighted by Crippen LogP contribution is -2.53. The third-order valence-corrected chi connectivity index (χ3v) is 6.26. The molecule has 5 nitrogen and oxygen atoms in total. The van der Waals surface area contributed by atoms with Crippen molar-refractivity contribution in [2.24, 2.45) is 0 Å². The van der Waals surface area contributed by atoms with Crippen molar-refractivity contribution in [2.75, 3.05) is 7.11 Å². The van der Waals surface area contributed by atoms with Crippen LogP contribution in [-0.4, -0.2) is 37.4 Å². The van der Waals surface area contributed by atoms with Crippen LogP contribution in [0.4, 0.5) is 13.2 Å². The summed E-state index contributed by atoms with van der Waals surface area (Å²) >= 11 is 0. The van der Waals surface area contributed by atoms with E-state index in [9.17, 15) is 22.8 Å². The van der Waals surface area contributed by atoms with Crippen LogP contribution in [-0.2, 0) is 29.4 Å². The molecule has 0 saturated carbocycles. The molecule has 0 spiro atoms. The minimum Gasteiger partial charge on any atom is -0.458 e. The van der Waals surface area contributed by atoms with Gasteiger partial charge in [-0.25, -0.2) is 4.79 Å². The summed E-state index contributed by atoms with van der Waals surface area (Å²) in [6.07, 6.45) is 7.61. The molecule has 1 aliphatic heterocycles. The van der Waals surface area contributed by atoms with E-state index in [1.165, 1.54) is 24.3 Å². The Morgan fingerprint density at radius 3 is 2.33 bits per heavy atom. The van der Waals surface area contributed by atoms with Gasteiger partial charge in [0.15, 0.2) is 0 Å². The number of esters is 2. The summed E-state index contributed by atoms with van der Waals surface area (Å²) in [6.45, 7) is 1.73. The van der Waals surface area contributed by atoms with Gasteiger partial charge in [-0.2, -0.15) is 13.2 Å². The molecular formula is C28H37F3O5. The molecule has 3 atom stereocenters. The van der Waals surface area contributed by atoms with Crippen molar-refractivity contribution in [1.82, 2.24) is 0 Å². The standard InChI is InChI=1S/C28H37F3O5/c1-3-23-24(20-16-11-9-7-5-4-6-8-10-12-17-21-25(32)35-23)36-26(33)27(34-2,28(29,30)31)22-18-14-13-15-19-22/h5,7,11,13-16,18-19,23-24H,3-4,6,8-10,12,17,20-21H2,1-2H3/b7-5-,16-11-/t23-,24-,27+/m0/s1. The fourth-order valence-corrected chi connectivity index (χ4v) is 4.21. The van der Waals surface area contributed by atoms with Gasteiger partial charge >= 0.3 is 18.1 Å². The molecule has 1 aliphatic rings. The van der Waals surface area contributed by atoms with E-state index in [2.05, 4.69) is 6.08 Å². The van der Waals surface area contributed by atoms with Gasteiger partial charge in [0.25, 0.3) is 5.60 Å². The van der Waals surface area contributed by atoms with Crippen molar-refractivity contribution >= 4 is 11.9 Å². The molecule has 1 heterocycles. The summed E-state index contributed by atoms with van der Waals surface area (Å²) in [6, 6.07) is 6.67. The first-order valence-corrected chi connectivity index (χ1v) is 12.6. The second kappa shape index (κ2) is 14.8. The summed E-state index contributed by atoms with van der Waals surface area (Å²) < 4.78 is 58.9. The zero-order valence-electron chi connectivity index (χ0n) is 21.1. The highest BCUT2D eigenvalue weighted by Gasteiger charge is 2.64. The van der Waals surface area contributed by atoms with Gasteiger partial charge in [0.05, 0.1) is 0 Å². The lowest BCUT2D eigenvalue weighted by Gasteiger charge is -2.35. The average molecular weight is 511 g/mol. The van der Waals surface area contributed by atoms with Crippen LogP contribution in [0.5, 0.6) is 0 Å². The second-order valence-electron chi connectivity index (χ2n) is 8.85. The highest BCUT2D eigenvalue weighted by molar-refractivity contribution is 5.83.